The molecule has 4 N–H and O–H groups in total. The molecule has 8 nitrogen and oxygen atoms in total. The quantitative estimate of drug-likeness (QED) is 0.264. The van der Waals surface area contributed by atoms with Gasteiger partial charge in [0.05, 0.1) is 41.4 Å². The Hall–Kier alpha value is -3.54. The number of benzene rings is 1. The number of alkyl halides is 3. The fourth-order valence-corrected chi connectivity index (χ4v) is 6.07. The lowest BCUT2D eigenvalue weighted by Crippen LogP contribution is -2.46. The Labute approximate surface area is 244 Å². The molecule has 11 heteroatoms. The second-order valence-electron chi connectivity index (χ2n) is 11.3. The maximum Gasteiger partial charge on any atom is 0.418 e. The molecule has 0 radical (unpaired) electrons. The van der Waals surface area contributed by atoms with Crippen LogP contribution in [0.25, 0.3) is 27.9 Å². The number of likely N-dealkylation sites (N-methyl/N-ethyl adjacent to an activating group) is 1. The average Bonchev–Trinajstić information content (AvgIpc) is 2.95. The topological polar surface area (TPSA) is 103 Å². The van der Waals surface area contributed by atoms with Crippen molar-refractivity contribution in [2.45, 2.75) is 38.4 Å². The van der Waals surface area contributed by atoms with Crippen LogP contribution in [-0.4, -0.2) is 85.0 Å². The molecule has 3 heterocycles. The summed E-state index contributed by atoms with van der Waals surface area (Å²) in [5.74, 6) is 0. The number of nitrogens with two attached hydrogens (primary N) is 1. The first-order valence-electron chi connectivity index (χ1n) is 14.2. The first-order valence-corrected chi connectivity index (χ1v) is 14.2. The van der Waals surface area contributed by atoms with E-state index in [1.807, 2.05) is 26.2 Å². The highest BCUT2D eigenvalue weighted by Gasteiger charge is 2.38. The summed E-state index contributed by atoms with van der Waals surface area (Å²) in [4.78, 5) is 13.8. The number of hydrogen-bond donors (Lipinski definition) is 3. The van der Waals surface area contributed by atoms with Crippen LogP contribution in [0.2, 0.25) is 0 Å². The second kappa shape index (κ2) is 12.0. The molecule has 1 fully saturated rings. The fraction of sp³-hybridized carbons (Fsp3) is 0.452. The van der Waals surface area contributed by atoms with Gasteiger partial charge in [0, 0.05) is 66.3 Å². The number of nitrogens with one attached hydrogen (secondary N) is 2. The van der Waals surface area contributed by atoms with Gasteiger partial charge in [0.2, 0.25) is 0 Å². The number of fused-ring (bicyclic) bond motifs is 3. The Morgan fingerprint density at radius 2 is 1.98 bits per heavy atom. The van der Waals surface area contributed by atoms with Gasteiger partial charge in [-0.2, -0.15) is 13.2 Å². The minimum atomic E-state index is -4.66. The Morgan fingerprint density at radius 3 is 2.60 bits per heavy atom. The highest BCUT2D eigenvalue weighted by atomic mass is 19.4. The zero-order chi connectivity index (χ0) is 30.2. The van der Waals surface area contributed by atoms with E-state index in [0.717, 1.165) is 43.2 Å². The Balaban J connectivity index is 1.66. The van der Waals surface area contributed by atoms with Crippen LogP contribution < -0.4 is 11.1 Å². The van der Waals surface area contributed by atoms with Gasteiger partial charge in [0.25, 0.3) is 0 Å². The third-order valence-electron chi connectivity index (χ3n) is 8.16. The number of rotatable bonds is 8. The van der Waals surface area contributed by atoms with Crippen molar-refractivity contribution in [3.05, 3.63) is 58.9 Å². The van der Waals surface area contributed by atoms with Crippen molar-refractivity contribution in [2.75, 3.05) is 59.2 Å². The predicted octanol–water partition coefficient (Wildman–Crippen LogP) is 4.60. The molecule has 3 aromatic rings. The van der Waals surface area contributed by atoms with Gasteiger partial charge in [0.15, 0.2) is 0 Å². The van der Waals surface area contributed by atoms with Crippen molar-refractivity contribution in [2.24, 2.45) is 0 Å². The first-order chi connectivity index (χ1) is 20.0. The van der Waals surface area contributed by atoms with E-state index >= 15 is 0 Å². The molecular formula is C31H38F3N7O. The predicted molar refractivity (Wildman–Crippen MR) is 161 cm³/mol. The molecule has 0 amide bonds. The van der Waals surface area contributed by atoms with Gasteiger partial charge in [-0.3, -0.25) is 9.88 Å². The maximum atomic E-state index is 14.4. The summed E-state index contributed by atoms with van der Waals surface area (Å²) in [6, 6.07) is 4.80. The fourth-order valence-electron chi connectivity index (χ4n) is 6.07. The number of pyridine rings is 2. The van der Waals surface area contributed by atoms with Gasteiger partial charge in [-0.25, -0.2) is 4.98 Å². The molecule has 1 aliphatic carbocycles. The van der Waals surface area contributed by atoms with Crippen LogP contribution >= 0.6 is 0 Å². The number of aromatic nitrogens is 2. The van der Waals surface area contributed by atoms with Crippen LogP contribution in [0.4, 0.5) is 18.9 Å². The average molecular weight is 582 g/mol. The van der Waals surface area contributed by atoms with Gasteiger partial charge >= 0.3 is 6.18 Å². The minimum absolute atomic E-state index is 0.0549. The SMILES string of the molecule is C=C(NCCN(C)C)c1ccc(-c2nc3c(C(F)(F)F)cc(N)c(C(C)=N)c3c3c2CC(N2CCOCC2)CC3)cn1. The number of nitrogen functional groups attached to an aromatic ring is 1. The molecule has 224 valence electrons. The Kier molecular flexibility index (Phi) is 8.54. The van der Waals surface area contributed by atoms with Crippen molar-refractivity contribution >= 4 is 28.0 Å². The van der Waals surface area contributed by atoms with E-state index in [1.54, 1.807) is 13.1 Å². The lowest BCUT2D eigenvalue weighted by Gasteiger charge is -2.38. The van der Waals surface area contributed by atoms with E-state index in [0.29, 0.717) is 66.2 Å². The van der Waals surface area contributed by atoms with Crippen molar-refractivity contribution in [3.63, 3.8) is 0 Å². The maximum absolute atomic E-state index is 14.4. The number of anilines is 1. The summed E-state index contributed by atoms with van der Waals surface area (Å²) in [5.41, 5.74) is 9.66. The summed E-state index contributed by atoms with van der Waals surface area (Å²) < 4.78 is 48.7. The van der Waals surface area contributed by atoms with Crippen molar-refractivity contribution < 1.29 is 17.9 Å². The van der Waals surface area contributed by atoms with Crippen LogP contribution in [0.3, 0.4) is 0 Å². The largest absolute Gasteiger partial charge is 0.418 e. The third-order valence-corrected chi connectivity index (χ3v) is 8.16. The molecule has 2 aliphatic rings. The summed E-state index contributed by atoms with van der Waals surface area (Å²) in [6.07, 6.45) is -1.03. The molecule has 0 spiro atoms. The molecule has 5 rings (SSSR count). The number of ether oxygens (including phenoxy) is 1. The normalized spacial score (nSPS) is 17.8. The number of morpholine rings is 1. The van der Waals surface area contributed by atoms with E-state index in [-0.39, 0.29) is 23.0 Å². The van der Waals surface area contributed by atoms with Crippen molar-refractivity contribution in [1.82, 2.24) is 25.1 Å². The molecule has 0 bridgehead atoms. The Morgan fingerprint density at radius 1 is 1.24 bits per heavy atom. The number of aryl methyl sites for hydroxylation is 1. The zero-order valence-electron chi connectivity index (χ0n) is 24.4. The monoisotopic (exact) mass is 581 g/mol. The number of halogens is 3. The molecule has 2 aromatic heterocycles. The van der Waals surface area contributed by atoms with Gasteiger partial charge in [0.1, 0.15) is 0 Å². The summed E-state index contributed by atoms with van der Waals surface area (Å²) >= 11 is 0. The summed E-state index contributed by atoms with van der Waals surface area (Å²) in [6.45, 7) is 10.1. The van der Waals surface area contributed by atoms with Gasteiger partial charge < -0.3 is 26.1 Å². The number of nitrogens with zero attached hydrogens (tertiary/aromatic N) is 4. The summed E-state index contributed by atoms with van der Waals surface area (Å²) in [5, 5.41) is 12.0. The van der Waals surface area contributed by atoms with E-state index in [4.69, 9.17) is 20.9 Å². The lowest BCUT2D eigenvalue weighted by molar-refractivity contribution is -0.136. The van der Waals surface area contributed by atoms with Crippen LogP contribution in [0.5, 0.6) is 0 Å². The number of hydrogen-bond acceptors (Lipinski definition) is 8. The molecular weight excluding hydrogens is 543 g/mol. The van der Waals surface area contributed by atoms with Gasteiger partial charge in [-0.05, 0) is 69.6 Å². The van der Waals surface area contributed by atoms with Crippen LogP contribution in [-0.2, 0) is 23.8 Å². The van der Waals surface area contributed by atoms with Crippen molar-refractivity contribution in [3.8, 4) is 11.3 Å². The van der Waals surface area contributed by atoms with E-state index < -0.39 is 11.7 Å². The Bertz CT molecular complexity index is 1500. The minimum Gasteiger partial charge on any atom is -0.398 e. The molecule has 42 heavy (non-hydrogen) atoms. The molecule has 1 aromatic carbocycles. The van der Waals surface area contributed by atoms with Crippen LogP contribution in [0.1, 0.15) is 41.3 Å². The standard InChI is InChI=1S/C31H38F3N7O/c1-18(35)27-25(36)16-24(31(32,33)34)30-28(27)22-7-6-21(41-11-13-42-14-12-41)15-23(22)29(39-30)20-5-8-26(38-17-20)19(2)37-9-10-40(3)4/h5,8,16-17,21,35,37H,2,6-7,9-15,36H2,1,3-4H3. The zero-order valence-corrected chi connectivity index (χ0v) is 24.4. The smallest absolute Gasteiger partial charge is 0.398 e. The molecule has 0 saturated carbocycles. The van der Waals surface area contributed by atoms with Crippen LogP contribution in [0.15, 0.2) is 31.0 Å². The van der Waals surface area contributed by atoms with E-state index in [2.05, 4.69) is 26.7 Å². The second-order valence-corrected chi connectivity index (χ2v) is 11.3. The highest BCUT2D eigenvalue weighted by Crippen LogP contribution is 2.44. The molecule has 1 aliphatic heterocycles. The van der Waals surface area contributed by atoms with Gasteiger partial charge in [-0.15, -0.1) is 0 Å². The molecule has 1 unspecified atom stereocenters. The molecule has 1 atom stereocenters. The van der Waals surface area contributed by atoms with Gasteiger partial charge in [-0.1, -0.05) is 6.58 Å². The molecule has 1 saturated heterocycles. The first kappa shape index (κ1) is 29.9. The summed E-state index contributed by atoms with van der Waals surface area (Å²) in [7, 11) is 3.98. The third kappa shape index (κ3) is 5.99. The highest BCUT2D eigenvalue weighted by molar-refractivity contribution is 6.14. The van der Waals surface area contributed by atoms with Crippen LogP contribution in [0, 0.1) is 5.41 Å². The van der Waals surface area contributed by atoms with E-state index in [1.165, 1.54) is 0 Å². The lowest BCUT2D eigenvalue weighted by atomic mass is 9.81. The van der Waals surface area contributed by atoms with E-state index in [9.17, 15) is 13.2 Å². The van der Waals surface area contributed by atoms with Crippen molar-refractivity contribution in [1.29, 1.82) is 5.41 Å².